The average Bonchev–Trinajstić information content (AvgIpc) is 2.53. The molecule has 0 aliphatic carbocycles. The molecule has 3 heterocycles. The fourth-order valence-electron chi connectivity index (χ4n) is 3.49. The number of aromatic amines is 2. The maximum atomic E-state index is 12.9. The first kappa shape index (κ1) is 17.1. The number of pyridine rings is 1. The number of rotatable bonds is 2. The molecule has 1 fully saturated rings. The molecule has 0 radical (unpaired) electrons. The number of carbonyl (C=O) groups is 1. The van der Waals surface area contributed by atoms with Crippen LogP contribution in [-0.4, -0.2) is 38.8 Å². The zero-order valence-electron chi connectivity index (χ0n) is 14.7. The predicted octanol–water partition coefficient (Wildman–Crippen LogP) is 1.40. The van der Waals surface area contributed by atoms with Crippen LogP contribution < -0.4 is 11.1 Å². The monoisotopic (exact) mass is 342 g/mol. The molecule has 1 amide bonds. The van der Waals surface area contributed by atoms with Crippen LogP contribution in [-0.2, 0) is 0 Å². The zero-order chi connectivity index (χ0) is 18.1. The van der Waals surface area contributed by atoms with E-state index >= 15 is 0 Å². The lowest BCUT2D eigenvalue weighted by atomic mass is 9.93. The normalized spacial score (nSPS) is 17.6. The summed E-state index contributed by atoms with van der Waals surface area (Å²) in [6.07, 6.45) is 1.68. The number of aryl methyl sites for hydroxylation is 3. The molecule has 0 saturated carbocycles. The van der Waals surface area contributed by atoms with E-state index in [-0.39, 0.29) is 28.5 Å². The minimum atomic E-state index is -0.352. The first-order valence-electron chi connectivity index (χ1n) is 8.43. The van der Waals surface area contributed by atoms with Gasteiger partial charge in [-0.25, -0.2) is 4.98 Å². The lowest BCUT2D eigenvalue weighted by Crippen LogP contribution is -2.42. The predicted molar refractivity (Wildman–Crippen MR) is 94.0 cm³/mol. The third-order valence-corrected chi connectivity index (χ3v) is 4.59. The summed E-state index contributed by atoms with van der Waals surface area (Å²) in [5, 5.41) is 0. The second kappa shape index (κ2) is 6.66. The van der Waals surface area contributed by atoms with Crippen LogP contribution in [0.15, 0.2) is 21.7 Å². The standard InChI is InChI=1S/C18H22N4O3/c1-10-7-11(2)19-17(24)16(10)18(25)22-6-4-5-13(9-22)14-8-15(23)21-12(3)20-14/h7-8,13H,4-6,9H2,1-3H3,(H,19,24)(H,20,21,23)/t13-/m1/s1. The van der Waals surface area contributed by atoms with Crippen LogP contribution in [0, 0.1) is 20.8 Å². The Kier molecular flexibility index (Phi) is 4.57. The van der Waals surface area contributed by atoms with Crippen molar-refractivity contribution in [1.29, 1.82) is 0 Å². The summed E-state index contributed by atoms with van der Waals surface area (Å²) < 4.78 is 0. The van der Waals surface area contributed by atoms with Gasteiger partial charge in [-0.2, -0.15) is 0 Å². The maximum Gasteiger partial charge on any atom is 0.261 e. The second-order valence-electron chi connectivity index (χ2n) is 6.69. The van der Waals surface area contributed by atoms with Crippen LogP contribution in [0.2, 0.25) is 0 Å². The quantitative estimate of drug-likeness (QED) is 0.862. The molecule has 0 aromatic carbocycles. The highest BCUT2D eigenvalue weighted by Gasteiger charge is 2.28. The van der Waals surface area contributed by atoms with Crippen molar-refractivity contribution in [2.24, 2.45) is 0 Å². The van der Waals surface area contributed by atoms with Crippen LogP contribution in [0.4, 0.5) is 0 Å². The Balaban J connectivity index is 1.88. The second-order valence-corrected chi connectivity index (χ2v) is 6.69. The number of hydrogen-bond donors (Lipinski definition) is 2. The average molecular weight is 342 g/mol. The Morgan fingerprint density at radius 3 is 2.64 bits per heavy atom. The van der Waals surface area contributed by atoms with E-state index in [0.717, 1.165) is 18.5 Å². The molecule has 25 heavy (non-hydrogen) atoms. The van der Waals surface area contributed by atoms with Gasteiger partial charge in [-0.3, -0.25) is 14.4 Å². The van der Waals surface area contributed by atoms with Gasteiger partial charge in [0.1, 0.15) is 11.4 Å². The lowest BCUT2D eigenvalue weighted by molar-refractivity contribution is 0.0703. The summed E-state index contributed by atoms with van der Waals surface area (Å²) in [6.45, 7) is 6.37. The summed E-state index contributed by atoms with van der Waals surface area (Å²) in [6, 6.07) is 3.30. The number of H-pyrrole nitrogens is 2. The van der Waals surface area contributed by atoms with Crippen molar-refractivity contribution in [3.63, 3.8) is 0 Å². The number of likely N-dealkylation sites (tertiary alicyclic amines) is 1. The fraction of sp³-hybridized carbons (Fsp3) is 0.444. The van der Waals surface area contributed by atoms with E-state index in [4.69, 9.17) is 0 Å². The number of nitrogens with zero attached hydrogens (tertiary/aromatic N) is 2. The van der Waals surface area contributed by atoms with E-state index in [0.29, 0.717) is 30.2 Å². The number of carbonyl (C=O) groups excluding carboxylic acids is 1. The summed E-state index contributed by atoms with van der Waals surface area (Å²) in [5.74, 6) is 0.310. The summed E-state index contributed by atoms with van der Waals surface area (Å²) in [4.78, 5) is 48.2. The van der Waals surface area contributed by atoms with Crippen LogP contribution in [0.1, 0.15) is 51.9 Å². The van der Waals surface area contributed by atoms with Crippen molar-refractivity contribution in [3.05, 3.63) is 61.2 Å². The van der Waals surface area contributed by atoms with Gasteiger partial charge in [-0.15, -0.1) is 0 Å². The summed E-state index contributed by atoms with van der Waals surface area (Å²) >= 11 is 0. The van der Waals surface area contributed by atoms with E-state index < -0.39 is 0 Å². The Morgan fingerprint density at radius 1 is 1.20 bits per heavy atom. The molecule has 0 unspecified atom stereocenters. The number of amides is 1. The van der Waals surface area contributed by atoms with E-state index in [9.17, 15) is 14.4 Å². The molecular formula is C18H22N4O3. The number of hydrogen-bond acceptors (Lipinski definition) is 4. The lowest BCUT2D eigenvalue weighted by Gasteiger charge is -2.32. The molecule has 2 aromatic rings. The SMILES string of the molecule is Cc1cc(C)c(C(=O)N2CCC[C@@H](c3cc(=O)[nH]c(C)n3)C2)c(=O)[nH]1. The van der Waals surface area contributed by atoms with Gasteiger partial charge in [-0.05, 0) is 45.2 Å². The Bertz CT molecular complexity index is 929. The van der Waals surface area contributed by atoms with Gasteiger partial charge in [0.05, 0.1) is 5.69 Å². The molecule has 3 rings (SSSR count). The Hall–Kier alpha value is -2.70. The number of aromatic nitrogens is 3. The fourth-order valence-corrected chi connectivity index (χ4v) is 3.49. The third kappa shape index (κ3) is 3.55. The van der Waals surface area contributed by atoms with Crippen LogP contribution in [0.3, 0.4) is 0 Å². The molecule has 0 spiro atoms. The van der Waals surface area contributed by atoms with Crippen LogP contribution >= 0.6 is 0 Å². The molecule has 2 aromatic heterocycles. The van der Waals surface area contributed by atoms with Gasteiger partial charge in [0.15, 0.2) is 0 Å². The van der Waals surface area contributed by atoms with Gasteiger partial charge in [0.25, 0.3) is 17.0 Å². The van der Waals surface area contributed by atoms with Gasteiger partial charge in [0, 0.05) is 30.8 Å². The van der Waals surface area contributed by atoms with Crippen molar-refractivity contribution >= 4 is 5.91 Å². The molecule has 7 heteroatoms. The first-order valence-corrected chi connectivity index (χ1v) is 8.43. The molecule has 132 valence electrons. The van der Waals surface area contributed by atoms with E-state index in [2.05, 4.69) is 15.0 Å². The Morgan fingerprint density at radius 2 is 1.96 bits per heavy atom. The number of nitrogens with one attached hydrogen (secondary N) is 2. The molecule has 1 aliphatic heterocycles. The highest BCUT2D eigenvalue weighted by atomic mass is 16.2. The highest BCUT2D eigenvalue weighted by molar-refractivity contribution is 5.95. The molecule has 1 aliphatic rings. The van der Waals surface area contributed by atoms with E-state index in [1.165, 1.54) is 6.07 Å². The van der Waals surface area contributed by atoms with Crippen molar-refractivity contribution in [3.8, 4) is 0 Å². The molecular weight excluding hydrogens is 320 g/mol. The highest BCUT2D eigenvalue weighted by Crippen LogP contribution is 2.26. The van der Waals surface area contributed by atoms with Crippen molar-refractivity contribution in [2.45, 2.75) is 39.5 Å². The minimum Gasteiger partial charge on any atom is -0.338 e. The van der Waals surface area contributed by atoms with E-state index in [1.807, 2.05) is 0 Å². The molecule has 0 bridgehead atoms. The topological polar surface area (TPSA) is 98.9 Å². The van der Waals surface area contributed by atoms with Gasteiger partial charge < -0.3 is 14.9 Å². The smallest absolute Gasteiger partial charge is 0.261 e. The van der Waals surface area contributed by atoms with Gasteiger partial charge in [0.2, 0.25) is 0 Å². The molecule has 7 nitrogen and oxygen atoms in total. The first-order chi connectivity index (χ1) is 11.8. The largest absolute Gasteiger partial charge is 0.338 e. The minimum absolute atomic E-state index is 0.00327. The third-order valence-electron chi connectivity index (χ3n) is 4.59. The molecule has 1 atom stereocenters. The van der Waals surface area contributed by atoms with Crippen molar-refractivity contribution in [2.75, 3.05) is 13.1 Å². The zero-order valence-corrected chi connectivity index (χ0v) is 14.7. The number of piperidine rings is 1. The van der Waals surface area contributed by atoms with E-state index in [1.54, 1.807) is 31.7 Å². The van der Waals surface area contributed by atoms with Crippen molar-refractivity contribution < 1.29 is 4.79 Å². The Labute approximate surface area is 145 Å². The van der Waals surface area contributed by atoms with Crippen LogP contribution in [0.5, 0.6) is 0 Å². The summed E-state index contributed by atoms with van der Waals surface area (Å²) in [7, 11) is 0. The maximum absolute atomic E-state index is 12.9. The van der Waals surface area contributed by atoms with Gasteiger partial charge in [-0.1, -0.05) is 0 Å². The van der Waals surface area contributed by atoms with Crippen molar-refractivity contribution in [1.82, 2.24) is 19.9 Å². The summed E-state index contributed by atoms with van der Waals surface area (Å²) in [5.41, 5.74) is 1.78. The van der Waals surface area contributed by atoms with Gasteiger partial charge >= 0.3 is 0 Å². The van der Waals surface area contributed by atoms with Crippen LogP contribution in [0.25, 0.3) is 0 Å². The molecule has 2 N–H and O–H groups in total. The molecule has 1 saturated heterocycles.